The fourth-order valence-corrected chi connectivity index (χ4v) is 2.96. The summed E-state index contributed by atoms with van der Waals surface area (Å²) < 4.78 is 6.29. The van der Waals surface area contributed by atoms with Crippen LogP contribution in [0.5, 0.6) is 0 Å². The summed E-state index contributed by atoms with van der Waals surface area (Å²) in [5.74, 6) is 0.576. The van der Waals surface area contributed by atoms with Crippen LogP contribution in [0.2, 0.25) is 0 Å². The number of aryl methyl sites for hydroxylation is 1. The zero-order chi connectivity index (χ0) is 15.2. The maximum absolute atomic E-state index is 6.29. The largest absolute Gasteiger partial charge is 0.372 e. The molecule has 2 atom stereocenters. The first-order chi connectivity index (χ1) is 10.1. The van der Waals surface area contributed by atoms with Crippen molar-refractivity contribution in [2.45, 2.75) is 65.7 Å². The second kappa shape index (κ2) is 7.90. The molecule has 0 amide bonds. The number of rotatable bonds is 6. The van der Waals surface area contributed by atoms with Gasteiger partial charge in [-0.3, -0.25) is 9.88 Å². The van der Waals surface area contributed by atoms with Crippen LogP contribution in [0.3, 0.4) is 0 Å². The average Bonchev–Trinajstić information content (AvgIpc) is 2.47. The van der Waals surface area contributed by atoms with Gasteiger partial charge in [0.25, 0.3) is 0 Å². The minimum absolute atomic E-state index is 0.359. The van der Waals surface area contributed by atoms with Crippen LogP contribution in [-0.2, 0) is 11.3 Å². The normalized spacial score (nSPS) is 23.7. The van der Waals surface area contributed by atoms with Gasteiger partial charge in [0.15, 0.2) is 0 Å². The van der Waals surface area contributed by atoms with Crippen molar-refractivity contribution >= 4 is 0 Å². The van der Waals surface area contributed by atoms with E-state index in [0.29, 0.717) is 18.1 Å². The minimum atomic E-state index is 0.359. The molecule has 0 aromatic carbocycles. The Kier molecular flexibility index (Phi) is 6.19. The number of pyridine rings is 1. The molecule has 0 N–H and O–H groups in total. The molecular formula is C18H30N2O. The molecule has 1 saturated heterocycles. The van der Waals surface area contributed by atoms with Crippen molar-refractivity contribution < 1.29 is 4.74 Å². The Hall–Kier alpha value is -0.930. The van der Waals surface area contributed by atoms with Gasteiger partial charge in [-0.1, -0.05) is 39.7 Å². The molecule has 1 fully saturated rings. The third-order valence-corrected chi connectivity index (χ3v) is 4.40. The highest BCUT2D eigenvalue weighted by molar-refractivity contribution is 5.18. The molecule has 3 heteroatoms. The highest BCUT2D eigenvalue weighted by Gasteiger charge is 2.29. The third kappa shape index (κ3) is 4.79. The Labute approximate surface area is 129 Å². The van der Waals surface area contributed by atoms with Gasteiger partial charge in [-0.25, -0.2) is 0 Å². The van der Waals surface area contributed by atoms with Gasteiger partial charge in [-0.05, 0) is 30.9 Å². The van der Waals surface area contributed by atoms with E-state index < -0.39 is 0 Å². The van der Waals surface area contributed by atoms with Crippen LogP contribution in [0.4, 0.5) is 0 Å². The van der Waals surface area contributed by atoms with E-state index in [1.165, 1.54) is 24.8 Å². The smallest absolute Gasteiger partial charge is 0.0729 e. The molecule has 0 unspecified atom stereocenters. The fourth-order valence-electron chi connectivity index (χ4n) is 2.96. The van der Waals surface area contributed by atoms with Crippen LogP contribution in [0.15, 0.2) is 18.3 Å². The second-order valence-corrected chi connectivity index (χ2v) is 6.62. The van der Waals surface area contributed by atoms with E-state index in [4.69, 9.17) is 4.74 Å². The van der Waals surface area contributed by atoms with Gasteiger partial charge in [-0.15, -0.1) is 0 Å². The number of morpholine rings is 1. The summed E-state index contributed by atoms with van der Waals surface area (Å²) in [6, 6.07) is 4.24. The van der Waals surface area contributed by atoms with Crippen LogP contribution in [0.25, 0.3) is 0 Å². The van der Waals surface area contributed by atoms with Gasteiger partial charge in [0.1, 0.15) is 0 Å². The van der Waals surface area contributed by atoms with Crippen LogP contribution in [-0.4, -0.2) is 35.2 Å². The molecule has 0 aliphatic carbocycles. The predicted molar refractivity (Wildman–Crippen MR) is 87.3 cm³/mol. The lowest BCUT2D eigenvalue weighted by molar-refractivity contribution is -0.108. The van der Waals surface area contributed by atoms with Crippen LogP contribution >= 0.6 is 0 Å². The molecule has 1 aliphatic heterocycles. The molecule has 0 spiro atoms. The monoisotopic (exact) mass is 290 g/mol. The Balaban J connectivity index is 2.01. The molecule has 2 heterocycles. The zero-order valence-electron chi connectivity index (χ0n) is 14.0. The predicted octanol–water partition coefficient (Wildman–Crippen LogP) is 3.81. The fraction of sp³-hybridized carbons (Fsp3) is 0.722. The number of unbranched alkanes of at least 4 members (excludes halogenated alkanes) is 1. The van der Waals surface area contributed by atoms with Gasteiger partial charge in [-0.2, -0.15) is 0 Å². The zero-order valence-corrected chi connectivity index (χ0v) is 14.0. The Morgan fingerprint density at radius 3 is 2.86 bits per heavy atom. The summed E-state index contributed by atoms with van der Waals surface area (Å²) in [5, 5.41) is 0. The molecule has 0 saturated carbocycles. The summed E-state index contributed by atoms with van der Waals surface area (Å²) in [4.78, 5) is 6.96. The van der Waals surface area contributed by atoms with Crippen LogP contribution < -0.4 is 0 Å². The van der Waals surface area contributed by atoms with Crippen LogP contribution in [0.1, 0.15) is 51.3 Å². The highest BCUT2D eigenvalue weighted by Crippen LogP contribution is 2.22. The van der Waals surface area contributed by atoms with E-state index in [1.807, 2.05) is 12.3 Å². The summed E-state index contributed by atoms with van der Waals surface area (Å²) in [6.45, 7) is 12.0. The lowest BCUT2D eigenvalue weighted by Crippen LogP contribution is -2.49. The standard InChI is InChI=1S/C18H30N2O/c1-5-6-9-17-12-20(13-18(21-17)14(2)3)11-16-8-7-10-19-15(16)4/h7-8,10,14,17-18H,5-6,9,11-13H2,1-4H3/t17-,18-/m1/s1. The topological polar surface area (TPSA) is 25.4 Å². The van der Waals surface area contributed by atoms with Crippen molar-refractivity contribution in [2.24, 2.45) is 5.92 Å². The van der Waals surface area contributed by atoms with Gasteiger partial charge in [0.2, 0.25) is 0 Å². The first-order valence-electron chi connectivity index (χ1n) is 8.38. The SMILES string of the molecule is CCCC[C@@H]1CN(Cc2cccnc2C)C[C@H](C(C)C)O1. The van der Waals surface area contributed by atoms with Gasteiger partial charge in [0.05, 0.1) is 12.2 Å². The van der Waals surface area contributed by atoms with Crippen molar-refractivity contribution in [3.05, 3.63) is 29.6 Å². The number of hydrogen-bond acceptors (Lipinski definition) is 3. The third-order valence-electron chi connectivity index (χ3n) is 4.40. The lowest BCUT2D eigenvalue weighted by atomic mass is 10.0. The van der Waals surface area contributed by atoms with Crippen LogP contribution in [0, 0.1) is 12.8 Å². The molecular weight excluding hydrogens is 260 g/mol. The molecule has 118 valence electrons. The molecule has 0 radical (unpaired) electrons. The maximum atomic E-state index is 6.29. The Bertz CT molecular complexity index is 433. The quantitative estimate of drug-likeness (QED) is 0.796. The molecule has 2 rings (SSSR count). The summed E-state index contributed by atoms with van der Waals surface area (Å²) in [6.07, 6.45) is 6.31. The van der Waals surface area contributed by atoms with Gasteiger partial charge < -0.3 is 4.74 Å². The highest BCUT2D eigenvalue weighted by atomic mass is 16.5. The molecule has 1 aromatic rings. The first kappa shape index (κ1) is 16.4. The van der Waals surface area contributed by atoms with E-state index in [-0.39, 0.29) is 0 Å². The number of aromatic nitrogens is 1. The second-order valence-electron chi connectivity index (χ2n) is 6.62. The van der Waals surface area contributed by atoms with E-state index in [2.05, 4.69) is 43.6 Å². The number of ether oxygens (including phenoxy) is 1. The Morgan fingerprint density at radius 1 is 1.38 bits per heavy atom. The summed E-state index contributed by atoms with van der Waals surface area (Å²) >= 11 is 0. The number of hydrogen-bond donors (Lipinski definition) is 0. The van der Waals surface area contributed by atoms with Gasteiger partial charge in [0, 0.05) is 31.5 Å². The van der Waals surface area contributed by atoms with Crippen molar-refractivity contribution in [3.63, 3.8) is 0 Å². The molecule has 0 bridgehead atoms. The lowest BCUT2D eigenvalue weighted by Gasteiger charge is -2.40. The molecule has 1 aromatic heterocycles. The first-order valence-corrected chi connectivity index (χ1v) is 8.38. The van der Waals surface area contributed by atoms with Crippen molar-refractivity contribution in [2.75, 3.05) is 13.1 Å². The van der Waals surface area contributed by atoms with Crippen molar-refractivity contribution in [1.29, 1.82) is 0 Å². The molecule has 21 heavy (non-hydrogen) atoms. The van der Waals surface area contributed by atoms with Crippen molar-refractivity contribution in [1.82, 2.24) is 9.88 Å². The number of nitrogens with zero attached hydrogens (tertiary/aromatic N) is 2. The average molecular weight is 290 g/mol. The van der Waals surface area contributed by atoms with Crippen molar-refractivity contribution in [3.8, 4) is 0 Å². The minimum Gasteiger partial charge on any atom is -0.372 e. The van der Waals surface area contributed by atoms with E-state index in [1.54, 1.807) is 0 Å². The molecule has 3 nitrogen and oxygen atoms in total. The van der Waals surface area contributed by atoms with E-state index in [9.17, 15) is 0 Å². The Morgan fingerprint density at radius 2 is 2.19 bits per heavy atom. The van der Waals surface area contributed by atoms with E-state index in [0.717, 1.165) is 25.3 Å². The maximum Gasteiger partial charge on any atom is 0.0729 e. The molecule has 1 aliphatic rings. The van der Waals surface area contributed by atoms with E-state index >= 15 is 0 Å². The summed E-state index contributed by atoms with van der Waals surface area (Å²) in [5.41, 5.74) is 2.49. The summed E-state index contributed by atoms with van der Waals surface area (Å²) in [7, 11) is 0. The van der Waals surface area contributed by atoms with Gasteiger partial charge >= 0.3 is 0 Å².